The zero-order chi connectivity index (χ0) is 31.1. The van der Waals surface area contributed by atoms with E-state index in [0.29, 0.717) is 19.8 Å². The van der Waals surface area contributed by atoms with E-state index in [2.05, 4.69) is 84.6 Å². The van der Waals surface area contributed by atoms with E-state index in [9.17, 15) is 0 Å². The van der Waals surface area contributed by atoms with E-state index in [0.717, 1.165) is 52.0 Å². The number of nitrogens with zero attached hydrogens (tertiary/aromatic N) is 2. The Morgan fingerprint density at radius 1 is 0.545 bits per heavy atom. The first-order chi connectivity index (χ1) is 21.4. The largest absolute Gasteiger partial charge is 0.457 e. The van der Waals surface area contributed by atoms with E-state index in [1.54, 1.807) is 7.11 Å². The zero-order valence-corrected chi connectivity index (χ0v) is 26.6. The van der Waals surface area contributed by atoms with Crippen molar-refractivity contribution in [3.63, 3.8) is 0 Å². The Kier molecular flexibility index (Phi) is 13.5. The lowest BCUT2D eigenvalue weighted by Gasteiger charge is -2.18. The first-order valence-electron chi connectivity index (χ1n) is 15.0. The zero-order valence-electron chi connectivity index (χ0n) is 26.6. The number of likely N-dealkylation sites (N-methyl/N-ethyl adjacent to an activating group) is 2. The average molecular weight is 594 g/mol. The standard InChI is InChI=1S/C35H44B2N2O5/c1-38(2)23-25-42-36(30-9-7-6-8-10-30)32-15-19-34(20-16-32)44-35-21-17-33(18-22-35)37(43-26-24-39(3)4)31-13-11-29(12-14-31)27-41-28-40-5/h6-22H,23-28H2,1-5H3. The highest BCUT2D eigenvalue weighted by Crippen LogP contribution is 2.20. The summed E-state index contributed by atoms with van der Waals surface area (Å²) in [4.78, 5) is 4.24. The molecular weight excluding hydrogens is 550 g/mol. The molecule has 0 fully saturated rings. The topological polar surface area (TPSA) is 52.6 Å². The van der Waals surface area contributed by atoms with Crippen LogP contribution in [0.3, 0.4) is 0 Å². The molecule has 0 aliphatic heterocycles. The summed E-state index contributed by atoms with van der Waals surface area (Å²) in [6.45, 7) is 3.40. The predicted molar refractivity (Wildman–Crippen MR) is 182 cm³/mol. The van der Waals surface area contributed by atoms with Gasteiger partial charge in [-0.05, 0) is 79.9 Å². The Labute approximate surface area is 263 Å². The molecule has 0 N–H and O–H groups in total. The fourth-order valence-electron chi connectivity index (χ4n) is 4.69. The summed E-state index contributed by atoms with van der Waals surface area (Å²) >= 11 is 0. The molecule has 0 aliphatic carbocycles. The van der Waals surface area contributed by atoms with Gasteiger partial charge in [-0.2, -0.15) is 0 Å². The van der Waals surface area contributed by atoms with Crippen LogP contribution >= 0.6 is 0 Å². The van der Waals surface area contributed by atoms with Crippen molar-refractivity contribution in [2.45, 2.75) is 6.61 Å². The van der Waals surface area contributed by atoms with Crippen molar-refractivity contribution in [1.82, 2.24) is 9.80 Å². The van der Waals surface area contributed by atoms with Gasteiger partial charge < -0.3 is 33.3 Å². The number of benzene rings is 4. The molecule has 4 aromatic rings. The lowest BCUT2D eigenvalue weighted by Crippen LogP contribution is -2.46. The first-order valence-corrected chi connectivity index (χ1v) is 15.0. The third-order valence-corrected chi connectivity index (χ3v) is 7.10. The second-order valence-corrected chi connectivity index (χ2v) is 11.3. The van der Waals surface area contributed by atoms with Crippen LogP contribution in [0.2, 0.25) is 0 Å². The van der Waals surface area contributed by atoms with Gasteiger partial charge in [-0.15, -0.1) is 0 Å². The van der Waals surface area contributed by atoms with Crippen molar-refractivity contribution in [2.24, 2.45) is 0 Å². The molecule has 44 heavy (non-hydrogen) atoms. The van der Waals surface area contributed by atoms with Crippen LogP contribution in [0.4, 0.5) is 0 Å². The molecule has 0 saturated carbocycles. The molecule has 4 rings (SSSR count). The third-order valence-electron chi connectivity index (χ3n) is 7.10. The van der Waals surface area contributed by atoms with Gasteiger partial charge in [0.25, 0.3) is 0 Å². The average Bonchev–Trinajstić information content (AvgIpc) is 3.03. The molecule has 4 aromatic carbocycles. The molecule has 0 aromatic heterocycles. The molecule has 0 saturated heterocycles. The van der Waals surface area contributed by atoms with Crippen molar-refractivity contribution in [3.8, 4) is 11.5 Å². The highest BCUT2D eigenvalue weighted by Gasteiger charge is 2.23. The maximum absolute atomic E-state index is 6.39. The molecule has 0 unspecified atom stereocenters. The summed E-state index contributed by atoms with van der Waals surface area (Å²) in [5.41, 5.74) is 5.46. The third kappa shape index (κ3) is 10.6. The maximum Gasteiger partial charge on any atom is 0.361 e. The molecule has 0 amide bonds. The molecule has 0 aliphatic rings. The molecule has 7 nitrogen and oxygen atoms in total. The van der Waals surface area contributed by atoms with Crippen molar-refractivity contribution >= 4 is 35.7 Å². The van der Waals surface area contributed by atoms with Gasteiger partial charge in [-0.3, -0.25) is 0 Å². The van der Waals surface area contributed by atoms with Gasteiger partial charge in [0.2, 0.25) is 0 Å². The lowest BCUT2D eigenvalue weighted by molar-refractivity contribution is -0.0390. The van der Waals surface area contributed by atoms with E-state index in [4.69, 9.17) is 23.5 Å². The van der Waals surface area contributed by atoms with Gasteiger partial charge in [0.05, 0.1) is 6.61 Å². The molecule has 0 atom stereocenters. The summed E-state index contributed by atoms with van der Waals surface area (Å²) in [5, 5.41) is 0. The fraction of sp³-hybridized carbons (Fsp3) is 0.314. The van der Waals surface area contributed by atoms with Crippen LogP contribution in [0.15, 0.2) is 103 Å². The smallest absolute Gasteiger partial charge is 0.361 e. The second-order valence-electron chi connectivity index (χ2n) is 11.3. The number of methoxy groups -OCH3 is 1. The Morgan fingerprint density at radius 2 is 0.977 bits per heavy atom. The minimum Gasteiger partial charge on any atom is -0.457 e. The Hall–Kier alpha value is -3.43. The van der Waals surface area contributed by atoms with E-state index in [1.807, 2.05) is 56.6 Å². The van der Waals surface area contributed by atoms with Gasteiger partial charge in [-0.1, -0.05) is 78.9 Å². The summed E-state index contributed by atoms with van der Waals surface area (Å²) in [5.74, 6) is 1.53. The summed E-state index contributed by atoms with van der Waals surface area (Å²) < 4.78 is 29.4. The van der Waals surface area contributed by atoms with Gasteiger partial charge in [-0.25, -0.2) is 0 Å². The molecule has 0 radical (unpaired) electrons. The van der Waals surface area contributed by atoms with Crippen molar-refractivity contribution in [2.75, 3.05) is 68.4 Å². The Bertz CT molecular complexity index is 1360. The van der Waals surface area contributed by atoms with Gasteiger partial charge in [0.15, 0.2) is 0 Å². The van der Waals surface area contributed by atoms with Crippen molar-refractivity contribution < 1.29 is 23.5 Å². The van der Waals surface area contributed by atoms with Crippen LogP contribution in [0.25, 0.3) is 0 Å². The fourth-order valence-corrected chi connectivity index (χ4v) is 4.69. The first kappa shape index (κ1) is 33.5. The highest BCUT2D eigenvalue weighted by atomic mass is 16.7. The van der Waals surface area contributed by atoms with Crippen LogP contribution in [0.5, 0.6) is 11.5 Å². The van der Waals surface area contributed by atoms with Gasteiger partial charge >= 0.3 is 13.8 Å². The van der Waals surface area contributed by atoms with Gasteiger partial charge in [0, 0.05) is 33.4 Å². The highest BCUT2D eigenvalue weighted by molar-refractivity contribution is 6.80. The molecule has 9 heteroatoms. The van der Waals surface area contributed by atoms with E-state index in [1.165, 1.54) is 0 Å². The Balaban J connectivity index is 1.44. The number of hydrogen-bond donors (Lipinski definition) is 0. The minimum absolute atomic E-state index is 0.138. The lowest BCUT2D eigenvalue weighted by atomic mass is 9.55. The maximum atomic E-state index is 6.39. The molecule has 0 spiro atoms. The monoisotopic (exact) mass is 594 g/mol. The van der Waals surface area contributed by atoms with E-state index < -0.39 is 0 Å². The Morgan fingerprint density at radius 3 is 1.41 bits per heavy atom. The normalized spacial score (nSPS) is 11.2. The molecular formula is C35H44B2N2O5. The molecule has 0 bridgehead atoms. The minimum atomic E-state index is -0.195. The molecule has 0 heterocycles. The van der Waals surface area contributed by atoms with Crippen LogP contribution in [-0.4, -0.2) is 92.0 Å². The molecule has 230 valence electrons. The van der Waals surface area contributed by atoms with Crippen LogP contribution in [0, 0.1) is 0 Å². The van der Waals surface area contributed by atoms with Crippen LogP contribution in [-0.2, 0) is 25.4 Å². The van der Waals surface area contributed by atoms with E-state index >= 15 is 0 Å². The summed E-state index contributed by atoms with van der Waals surface area (Å²) in [6, 6.07) is 35.0. The summed E-state index contributed by atoms with van der Waals surface area (Å²) in [6.07, 6.45) is 0. The number of rotatable bonds is 18. The number of ether oxygens (including phenoxy) is 3. The predicted octanol–water partition coefficient (Wildman–Crippen LogP) is 2.97. The number of hydrogen-bond acceptors (Lipinski definition) is 7. The van der Waals surface area contributed by atoms with E-state index in [-0.39, 0.29) is 20.6 Å². The SMILES string of the molecule is COCOCc1ccc(B(OCCN(C)C)c2ccc(Oc3ccc(B(OCCN(C)C)c4ccccc4)cc3)cc2)cc1. The quantitative estimate of drug-likeness (QED) is 0.0999. The van der Waals surface area contributed by atoms with Gasteiger partial charge in [0.1, 0.15) is 18.3 Å². The summed E-state index contributed by atoms with van der Waals surface area (Å²) in [7, 11) is 9.82. The second kappa shape index (κ2) is 17.8. The van der Waals surface area contributed by atoms with Crippen molar-refractivity contribution in [1.29, 1.82) is 0 Å². The van der Waals surface area contributed by atoms with Crippen LogP contribution < -0.4 is 26.6 Å². The van der Waals surface area contributed by atoms with Crippen molar-refractivity contribution in [3.05, 3.63) is 109 Å². The van der Waals surface area contributed by atoms with Crippen LogP contribution in [0.1, 0.15) is 5.56 Å².